The zero-order valence-electron chi connectivity index (χ0n) is 22.9. The van der Waals surface area contributed by atoms with E-state index in [4.69, 9.17) is 15.4 Å². The summed E-state index contributed by atoms with van der Waals surface area (Å²) in [6.45, 7) is 7.22. The van der Waals surface area contributed by atoms with Crippen molar-refractivity contribution >= 4 is 23.7 Å². The fourth-order valence-electron chi connectivity index (χ4n) is 5.13. The molecule has 8 nitrogen and oxygen atoms in total. The lowest BCUT2D eigenvalue weighted by Gasteiger charge is -2.41. The minimum absolute atomic E-state index is 0.00872. The van der Waals surface area contributed by atoms with Crippen LogP contribution in [0.3, 0.4) is 0 Å². The topological polar surface area (TPSA) is 120 Å². The van der Waals surface area contributed by atoms with Gasteiger partial charge in [0.05, 0.1) is 17.3 Å². The molecule has 1 aromatic rings. The van der Waals surface area contributed by atoms with E-state index in [-0.39, 0.29) is 18.8 Å². The van der Waals surface area contributed by atoms with Crippen LogP contribution in [0.5, 0.6) is 0 Å². The van der Waals surface area contributed by atoms with Gasteiger partial charge in [-0.15, -0.1) is 0 Å². The Hall–Kier alpha value is -2.76. The van der Waals surface area contributed by atoms with Gasteiger partial charge < -0.3 is 4.74 Å². The highest BCUT2D eigenvalue weighted by Gasteiger charge is 2.60. The van der Waals surface area contributed by atoms with E-state index in [1.54, 1.807) is 58.0 Å². The molecule has 11 heteroatoms. The molecule has 0 spiro atoms. The Morgan fingerprint density at radius 3 is 2.26 bits per heavy atom. The van der Waals surface area contributed by atoms with E-state index in [1.807, 2.05) is 5.43 Å². The van der Waals surface area contributed by atoms with Gasteiger partial charge >= 0.3 is 6.18 Å². The summed E-state index contributed by atoms with van der Waals surface area (Å²) in [7, 11) is 0. The van der Waals surface area contributed by atoms with E-state index in [1.165, 1.54) is 6.08 Å². The number of carbonyl (C=O) groups excluding carboxylic acids is 3. The number of hydrazine groups is 1. The van der Waals surface area contributed by atoms with Crippen LogP contribution in [0.15, 0.2) is 36.4 Å². The van der Waals surface area contributed by atoms with Gasteiger partial charge in [0.25, 0.3) is 0 Å². The molecule has 4 N–H and O–H groups in total. The summed E-state index contributed by atoms with van der Waals surface area (Å²) < 4.78 is 48.5. The van der Waals surface area contributed by atoms with Crippen LogP contribution in [0, 0.1) is 29.1 Å². The molecule has 0 saturated carbocycles. The number of ether oxygens (including phenoxy) is 1. The second-order valence-electron chi connectivity index (χ2n) is 10.8. The number of benzene rings is 1. The Bertz CT molecular complexity index is 978. The molecule has 1 aromatic carbocycles. The van der Waals surface area contributed by atoms with Crippen molar-refractivity contribution in [2.75, 3.05) is 6.61 Å². The van der Waals surface area contributed by atoms with E-state index in [2.05, 4.69) is 5.48 Å². The van der Waals surface area contributed by atoms with Gasteiger partial charge in [-0.25, -0.2) is 16.2 Å². The number of hydrogen-bond donors (Lipinski definition) is 3. The number of amides is 2. The summed E-state index contributed by atoms with van der Waals surface area (Å²) >= 11 is 0. The van der Waals surface area contributed by atoms with Crippen LogP contribution >= 0.6 is 0 Å². The van der Waals surface area contributed by atoms with Crippen LogP contribution in [0.4, 0.5) is 13.2 Å². The fourth-order valence-corrected chi connectivity index (χ4v) is 5.13. The lowest BCUT2D eigenvalue weighted by molar-refractivity contribution is -0.207. The number of hydroxylamine groups is 1. The van der Waals surface area contributed by atoms with Crippen molar-refractivity contribution in [2.24, 2.45) is 34.9 Å². The van der Waals surface area contributed by atoms with Gasteiger partial charge in [0, 0.05) is 13.0 Å². The van der Waals surface area contributed by atoms with Gasteiger partial charge in [0.1, 0.15) is 0 Å². The number of alkyl halides is 3. The first-order valence-corrected chi connectivity index (χ1v) is 13.2. The SMILES string of the molecule is CC(C)C[C@@H](C(=O)NN)[C@H](C(=O)NOC1CCCCO1)C(/C=C/c1ccccc1)(CC(C)C)C(=O)C(F)(F)F. The maximum absolute atomic E-state index is 14.3. The van der Waals surface area contributed by atoms with Gasteiger partial charge in [-0.05, 0) is 43.1 Å². The van der Waals surface area contributed by atoms with Gasteiger partial charge in [-0.1, -0.05) is 70.2 Å². The molecule has 1 saturated heterocycles. The molecule has 218 valence electrons. The minimum Gasteiger partial charge on any atom is -0.350 e. The second-order valence-corrected chi connectivity index (χ2v) is 10.8. The van der Waals surface area contributed by atoms with E-state index >= 15 is 0 Å². The summed E-state index contributed by atoms with van der Waals surface area (Å²) in [5.41, 5.74) is 2.29. The maximum Gasteiger partial charge on any atom is 0.450 e. The lowest BCUT2D eigenvalue weighted by Crippen LogP contribution is -2.57. The summed E-state index contributed by atoms with van der Waals surface area (Å²) in [4.78, 5) is 45.7. The van der Waals surface area contributed by atoms with Gasteiger partial charge in [-0.2, -0.15) is 13.2 Å². The van der Waals surface area contributed by atoms with Crippen molar-refractivity contribution in [1.29, 1.82) is 0 Å². The first kappa shape index (κ1) is 32.5. The van der Waals surface area contributed by atoms with Crippen LogP contribution in [-0.4, -0.2) is 36.7 Å². The molecular formula is C28H40F3N3O5. The molecule has 1 heterocycles. The van der Waals surface area contributed by atoms with Gasteiger partial charge in [0.15, 0.2) is 6.29 Å². The largest absolute Gasteiger partial charge is 0.450 e. The number of allylic oxidation sites excluding steroid dienone is 1. The van der Waals surface area contributed by atoms with Crippen LogP contribution in [0.25, 0.3) is 6.08 Å². The number of hydrogen-bond acceptors (Lipinski definition) is 6. The molecule has 2 unspecified atom stereocenters. The number of nitrogens with one attached hydrogen (secondary N) is 2. The number of rotatable bonds is 13. The van der Waals surface area contributed by atoms with Crippen molar-refractivity contribution in [3.8, 4) is 0 Å². The standard InChI is InChI=1S/C28H40F3N3O5/c1-18(2)16-21(24(35)33-32)23(25(36)34-39-22-12-8-9-15-38-22)27(17-19(3)4,26(37)28(29,30)31)14-13-20-10-6-5-7-11-20/h5-7,10-11,13-14,18-19,21-23H,8-9,12,15-17,32H2,1-4H3,(H,33,35)(H,34,36)/b14-13+/t21-,22?,23-,27?/m1/s1. The minimum atomic E-state index is -5.30. The highest BCUT2D eigenvalue weighted by atomic mass is 19.4. The Morgan fingerprint density at radius 2 is 1.74 bits per heavy atom. The third kappa shape index (κ3) is 9.15. The molecule has 2 rings (SSSR count). The van der Waals surface area contributed by atoms with Gasteiger partial charge in [0.2, 0.25) is 17.6 Å². The van der Waals surface area contributed by atoms with Gasteiger partial charge in [-0.3, -0.25) is 19.8 Å². The first-order valence-electron chi connectivity index (χ1n) is 13.2. The fraction of sp³-hybridized carbons (Fsp3) is 0.607. The Morgan fingerprint density at radius 1 is 1.08 bits per heavy atom. The molecule has 0 bridgehead atoms. The maximum atomic E-state index is 14.3. The summed E-state index contributed by atoms with van der Waals surface area (Å²) in [6.07, 6.45) is -1.91. The van der Waals surface area contributed by atoms with Crippen molar-refractivity contribution in [3.63, 3.8) is 0 Å². The molecule has 0 radical (unpaired) electrons. The number of carbonyl (C=O) groups is 3. The molecule has 0 aromatic heterocycles. The Kier molecular flexibility index (Phi) is 12.1. The van der Waals surface area contributed by atoms with Crippen molar-refractivity contribution in [1.82, 2.24) is 10.9 Å². The molecule has 2 amide bonds. The van der Waals surface area contributed by atoms with Crippen molar-refractivity contribution in [3.05, 3.63) is 42.0 Å². The van der Waals surface area contributed by atoms with E-state index in [0.717, 1.165) is 18.9 Å². The molecule has 4 atom stereocenters. The Balaban J connectivity index is 2.76. The summed E-state index contributed by atoms with van der Waals surface area (Å²) in [5, 5.41) is 0. The van der Waals surface area contributed by atoms with Crippen LogP contribution < -0.4 is 16.7 Å². The van der Waals surface area contributed by atoms with Crippen molar-refractivity contribution in [2.45, 2.75) is 72.3 Å². The number of ketones is 1. The number of Topliss-reactive ketones (excluding diaryl/α,β-unsaturated/α-hetero) is 1. The number of halogens is 3. The van der Waals surface area contributed by atoms with Crippen LogP contribution in [0.2, 0.25) is 0 Å². The summed E-state index contributed by atoms with van der Waals surface area (Å²) in [5.74, 6) is -2.43. The predicted octanol–water partition coefficient (Wildman–Crippen LogP) is 4.71. The average molecular weight is 556 g/mol. The first-order chi connectivity index (χ1) is 18.3. The molecule has 1 aliphatic rings. The highest BCUT2D eigenvalue weighted by molar-refractivity contribution is 5.99. The second kappa shape index (κ2) is 14.6. The quantitative estimate of drug-likeness (QED) is 0.184. The lowest BCUT2D eigenvalue weighted by atomic mass is 9.60. The van der Waals surface area contributed by atoms with E-state index < -0.39 is 53.2 Å². The average Bonchev–Trinajstić information content (AvgIpc) is 2.89. The molecule has 1 aliphatic heterocycles. The normalized spacial score (nSPS) is 19.5. The van der Waals surface area contributed by atoms with Crippen LogP contribution in [-0.2, 0) is 24.0 Å². The van der Waals surface area contributed by atoms with E-state index in [9.17, 15) is 27.6 Å². The smallest absolute Gasteiger partial charge is 0.350 e. The third-order valence-corrected chi connectivity index (χ3v) is 6.67. The van der Waals surface area contributed by atoms with Crippen LogP contribution in [0.1, 0.15) is 65.4 Å². The highest BCUT2D eigenvalue weighted by Crippen LogP contribution is 2.47. The molecule has 39 heavy (non-hydrogen) atoms. The zero-order valence-corrected chi connectivity index (χ0v) is 22.9. The molecule has 0 aliphatic carbocycles. The monoisotopic (exact) mass is 555 g/mol. The Labute approximate surface area is 227 Å². The molecular weight excluding hydrogens is 515 g/mol. The van der Waals surface area contributed by atoms with E-state index in [0.29, 0.717) is 18.6 Å². The third-order valence-electron chi connectivity index (χ3n) is 6.67. The zero-order chi connectivity index (χ0) is 29.2. The molecule has 1 fully saturated rings. The summed E-state index contributed by atoms with van der Waals surface area (Å²) in [6, 6.07) is 8.45. The number of nitrogens with two attached hydrogens (primary N) is 1. The predicted molar refractivity (Wildman–Crippen MR) is 140 cm³/mol. The van der Waals surface area contributed by atoms with Crippen molar-refractivity contribution < 1.29 is 37.1 Å².